The maximum atomic E-state index is 13.0. The highest BCUT2D eigenvalue weighted by molar-refractivity contribution is 9.10. The van der Waals surface area contributed by atoms with Gasteiger partial charge in [0.15, 0.2) is 5.60 Å². The van der Waals surface area contributed by atoms with Crippen LogP contribution in [0.5, 0.6) is 0 Å². The molecule has 184 valence electrons. The van der Waals surface area contributed by atoms with E-state index in [1.54, 1.807) is 24.3 Å². The number of aliphatic hydroxyl groups is 1. The number of benzene rings is 2. The quantitative estimate of drug-likeness (QED) is 0.335. The molecule has 2 aromatic rings. The molecule has 0 spiro atoms. The lowest BCUT2D eigenvalue weighted by atomic mass is 9.69. The van der Waals surface area contributed by atoms with E-state index in [4.69, 9.17) is 0 Å². The number of alkyl halides is 3. The van der Waals surface area contributed by atoms with E-state index in [0.29, 0.717) is 43.6 Å². The van der Waals surface area contributed by atoms with Gasteiger partial charge in [0.1, 0.15) is 5.82 Å². The number of hydrogen-bond donors (Lipinski definition) is 2. The highest BCUT2D eigenvalue weighted by Gasteiger charge is 2.63. The van der Waals surface area contributed by atoms with Crippen molar-refractivity contribution in [1.29, 1.82) is 0 Å². The average molecular weight is 545 g/mol. The highest BCUT2D eigenvalue weighted by atomic mass is 79.9. The molecule has 1 aliphatic carbocycles. The van der Waals surface area contributed by atoms with Crippen LogP contribution in [0.2, 0.25) is 0 Å². The molecule has 34 heavy (non-hydrogen) atoms. The van der Waals surface area contributed by atoms with E-state index in [0.717, 1.165) is 4.47 Å². The van der Waals surface area contributed by atoms with Crippen molar-refractivity contribution in [2.45, 2.75) is 43.9 Å². The van der Waals surface area contributed by atoms with Crippen molar-refractivity contribution in [3.05, 3.63) is 64.4 Å². The van der Waals surface area contributed by atoms with E-state index in [-0.39, 0.29) is 5.91 Å². The largest absolute Gasteiger partial charge is 0.417 e. The zero-order valence-electron chi connectivity index (χ0n) is 18.2. The van der Waals surface area contributed by atoms with Gasteiger partial charge >= 0.3 is 6.18 Å². The normalized spacial score (nSPS) is 19.9. The van der Waals surface area contributed by atoms with Crippen LogP contribution in [0.15, 0.2) is 53.0 Å². The Morgan fingerprint density at radius 2 is 1.76 bits per heavy atom. The minimum absolute atomic E-state index is 0.294. The third kappa shape index (κ3) is 6.35. The Balaban J connectivity index is 1.51. The lowest BCUT2D eigenvalue weighted by molar-refractivity contribution is -0.295. The van der Waals surface area contributed by atoms with Crippen LogP contribution in [-0.2, 0) is 4.79 Å². The molecular weight excluding hydrogens is 520 g/mol. The molecule has 2 N–H and O–H groups in total. The summed E-state index contributed by atoms with van der Waals surface area (Å²) < 4.78 is 52.6. The van der Waals surface area contributed by atoms with E-state index >= 15 is 0 Å². The van der Waals surface area contributed by atoms with Crippen molar-refractivity contribution in [3.8, 4) is 0 Å². The fraction of sp³-hybridized carbons (Fsp3) is 0.417. The lowest BCUT2D eigenvalue weighted by Gasteiger charge is -2.45. The molecular formula is C24H25BrF4N2O3. The molecule has 0 saturated heterocycles. The number of unbranched alkanes of at least 4 members (excludes halogenated alkanes) is 2. The summed E-state index contributed by atoms with van der Waals surface area (Å²) >= 11 is 3.34. The predicted molar refractivity (Wildman–Crippen MR) is 123 cm³/mol. The van der Waals surface area contributed by atoms with E-state index < -0.39 is 42.3 Å². The average Bonchev–Trinajstić information content (AvgIpc) is 2.75. The number of carbonyl (C=O) groups is 2. The molecule has 1 saturated carbocycles. The van der Waals surface area contributed by atoms with E-state index in [1.807, 2.05) is 0 Å². The molecule has 2 amide bonds. The zero-order chi connectivity index (χ0) is 24.9. The molecule has 0 radical (unpaired) electrons. The Morgan fingerprint density at radius 1 is 1.09 bits per heavy atom. The predicted octanol–water partition coefficient (Wildman–Crippen LogP) is 5.22. The number of carbonyl (C=O) groups excluding carboxylic acids is 2. The van der Waals surface area contributed by atoms with Crippen LogP contribution in [0.3, 0.4) is 0 Å². The van der Waals surface area contributed by atoms with Gasteiger partial charge in [0.2, 0.25) is 5.91 Å². The number of hydrogen-bond acceptors (Lipinski definition) is 3. The Bertz CT molecular complexity index is 1010. The third-order valence-electron chi connectivity index (χ3n) is 5.88. The van der Waals surface area contributed by atoms with Crippen molar-refractivity contribution < 1.29 is 32.3 Å². The van der Waals surface area contributed by atoms with Gasteiger partial charge in [0.25, 0.3) is 5.91 Å². The molecule has 0 aliphatic heterocycles. The number of halogens is 5. The Kier molecular flexibility index (Phi) is 8.35. The molecule has 2 aromatic carbocycles. The number of nitrogens with one attached hydrogen (secondary N) is 1. The molecule has 0 unspecified atom stereocenters. The van der Waals surface area contributed by atoms with E-state index in [2.05, 4.69) is 21.2 Å². The zero-order valence-corrected chi connectivity index (χ0v) is 19.8. The van der Waals surface area contributed by atoms with Gasteiger partial charge in [0, 0.05) is 34.7 Å². The second kappa shape index (κ2) is 10.9. The van der Waals surface area contributed by atoms with Crippen molar-refractivity contribution in [3.63, 3.8) is 0 Å². The SMILES string of the molecule is O=C(NCCCCCN(c1cccc(Br)c1)C(=O)[C@H]1C[C@](O)(C(F)(F)F)C1)c1ccc(F)cc1. The summed E-state index contributed by atoms with van der Waals surface area (Å²) in [4.78, 5) is 26.5. The van der Waals surface area contributed by atoms with Crippen molar-refractivity contribution >= 4 is 33.4 Å². The maximum absolute atomic E-state index is 13.0. The van der Waals surface area contributed by atoms with Crippen molar-refractivity contribution in [2.75, 3.05) is 18.0 Å². The van der Waals surface area contributed by atoms with Gasteiger partial charge in [-0.3, -0.25) is 9.59 Å². The molecule has 3 rings (SSSR count). The number of amides is 2. The topological polar surface area (TPSA) is 69.6 Å². The van der Waals surface area contributed by atoms with Gasteiger partial charge in [-0.05, 0) is 74.6 Å². The van der Waals surface area contributed by atoms with Gasteiger partial charge in [-0.25, -0.2) is 4.39 Å². The van der Waals surface area contributed by atoms with Crippen molar-refractivity contribution in [2.24, 2.45) is 5.92 Å². The smallest absolute Gasteiger partial charge is 0.380 e. The summed E-state index contributed by atoms with van der Waals surface area (Å²) in [5.74, 6) is -2.09. The Hall–Kier alpha value is -2.46. The number of rotatable bonds is 9. The molecule has 0 bridgehead atoms. The van der Waals surface area contributed by atoms with Gasteiger partial charge in [-0.15, -0.1) is 0 Å². The summed E-state index contributed by atoms with van der Waals surface area (Å²) in [6.45, 7) is 0.685. The first kappa shape index (κ1) is 26.2. The number of anilines is 1. The van der Waals surface area contributed by atoms with Crippen LogP contribution in [0.4, 0.5) is 23.2 Å². The minimum Gasteiger partial charge on any atom is -0.380 e. The molecule has 5 nitrogen and oxygen atoms in total. The van der Waals surface area contributed by atoms with Crippen LogP contribution >= 0.6 is 15.9 Å². The first-order chi connectivity index (χ1) is 16.0. The van der Waals surface area contributed by atoms with Crippen molar-refractivity contribution in [1.82, 2.24) is 5.32 Å². The van der Waals surface area contributed by atoms with E-state index in [9.17, 15) is 32.3 Å². The Labute approximate surface area is 203 Å². The molecule has 1 fully saturated rings. The summed E-state index contributed by atoms with van der Waals surface area (Å²) in [6.07, 6.45) is -4.18. The van der Waals surface area contributed by atoms with E-state index in [1.165, 1.54) is 29.2 Å². The van der Waals surface area contributed by atoms with Gasteiger partial charge < -0.3 is 15.3 Å². The maximum Gasteiger partial charge on any atom is 0.417 e. The van der Waals surface area contributed by atoms with Gasteiger partial charge in [-0.1, -0.05) is 22.0 Å². The molecule has 1 aliphatic rings. The van der Waals surface area contributed by atoms with Crippen LogP contribution in [0.1, 0.15) is 42.5 Å². The minimum atomic E-state index is -4.76. The van der Waals surface area contributed by atoms with Crippen LogP contribution < -0.4 is 10.2 Å². The van der Waals surface area contributed by atoms with Gasteiger partial charge in [-0.2, -0.15) is 13.2 Å². The van der Waals surface area contributed by atoms with Gasteiger partial charge in [0.05, 0.1) is 0 Å². The lowest BCUT2D eigenvalue weighted by Crippen LogP contribution is -2.59. The van der Waals surface area contributed by atoms with Crippen LogP contribution in [0.25, 0.3) is 0 Å². The second-order valence-electron chi connectivity index (χ2n) is 8.43. The fourth-order valence-electron chi connectivity index (χ4n) is 3.87. The summed E-state index contributed by atoms with van der Waals surface area (Å²) in [6, 6.07) is 12.1. The fourth-order valence-corrected chi connectivity index (χ4v) is 4.26. The molecule has 0 aromatic heterocycles. The summed E-state index contributed by atoms with van der Waals surface area (Å²) in [5, 5.41) is 12.5. The Morgan fingerprint density at radius 3 is 2.38 bits per heavy atom. The first-order valence-electron chi connectivity index (χ1n) is 10.9. The van der Waals surface area contributed by atoms with Crippen LogP contribution in [-0.4, -0.2) is 41.8 Å². The second-order valence-corrected chi connectivity index (χ2v) is 9.34. The number of nitrogens with zero attached hydrogens (tertiary/aromatic N) is 1. The first-order valence-corrected chi connectivity index (χ1v) is 11.7. The monoisotopic (exact) mass is 544 g/mol. The summed E-state index contributed by atoms with van der Waals surface area (Å²) in [5.41, 5.74) is -1.89. The molecule has 0 atom stereocenters. The third-order valence-corrected chi connectivity index (χ3v) is 6.37. The van der Waals surface area contributed by atoms with Crippen LogP contribution in [0, 0.1) is 11.7 Å². The molecule has 0 heterocycles. The molecule has 10 heteroatoms. The standard InChI is InChI=1S/C24H25BrF4N2O3/c25-18-5-4-6-20(13-18)31(22(33)17-14-23(34,15-17)24(27,28)29)12-3-1-2-11-30-21(32)16-7-9-19(26)10-8-16/h4-10,13,17,34H,1-3,11-12,14-15H2,(H,30,32)/t17-,23+. The summed E-state index contributed by atoms with van der Waals surface area (Å²) in [7, 11) is 0. The highest BCUT2D eigenvalue weighted by Crippen LogP contribution is 2.49.